The Labute approximate surface area is 161 Å². The number of Topliss-reactive ketones (excluding diaryl/α,β-unsaturated/α-hetero) is 1. The summed E-state index contributed by atoms with van der Waals surface area (Å²) in [5.74, 6) is 0.0169. The molecule has 1 heterocycles. The number of hydrogen-bond acceptors (Lipinski definition) is 4. The van der Waals surface area contributed by atoms with Crippen LogP contribution in [0.3, 0.4) is 0 Å². The molecule has 4 nitrogen and oxygen atoms in total. The molecule has 0 aliphatic rings. The van der Waals surface area contributed by atoms with E-state index < -0.39 is 0 Å². The van der Waals surface area contributed by atoms with Crippen LogP contribution in [0.5, 0.6) is 0 Å². The van der Waals surface area contributed by atoms with Crippen LogP contribution < -0.4 is 4.80 Å². The molecule has 0 radical (unpaired) electrons. The molecule has 0 atom stereocenters. The third-order valence-corrected chi connectivity index (χ3v) is 5.07. The zero-order valence-corrected chi connectivity index (χ0v) is 15.9. The van der Waals surface area contributed by atoms with Crippen molar-refractivity contribution in [2.75, 3.05) is 6.61 Å². The Bertz CT molecular complexity index is 974. The molecule has 1 aromatic heterocycles. The van der Waals surface area contributed by atoms with Gasteiger partial charge in [-0.15, -0.1) is 11.3 Å². The maximum atomic E-state index is 11.6. The van der Waals surface area contributed by atoms with Gasteiger partial charge in [-0.25, -0.2) is 4.99 Å². The van der Waals surface area contributed by atoms with Crippen LogP contribution in [0.25, 0.3) is 11.3 Å². The fourth-order valence-electron chi connectivity index (χ4n) is 2.62. The van der Waals surface area contributed by atoms with E-state index in [1.807, 2.05) is 41.8 Å². The quantitative estimate of drug-likeness (QED) is 0.625. The predicted molar refractivity (Wildman–Crippen MR) is 106 cm³/mol. The largest absolute Gasteiger partial charge is 0.396 e. The van der Waals surface area contributed by atoms with E-state index in [4.69, 9.17) is 16.6 Å². The molecule has 0 amide bonds. The van der Waals surface area contributed by atoms with Crippen molar-refractivity contribution in [2.45, 2.75) is 19.9 Å². The second-order valence-electron chi connectivity index (χ2n) is 5.86. The van der Waals surface area contributed by atoms with Crippen LogP contribution >= 0.6 is 22.9 Å². The lowest BCUT2D eigenvalue weighted by Gasteiger charge is -2.08. The van der Waals surface area contributed by atoms with Crippen LogP contribution in [0, 0.1) is 0 Å². The zero-order chi connectivity index (χ0) is 18.5. The number of carbonyl (C=O) groups excluding carboxylic acids is 1. The highest BCUT2D eigenvalue weighted by Gasteiger charge is 2.08. The molecule has 0 saturated carbocycles. The van der Waals surface area contributed by atoms with Crippen LogP contribution in [0.2, 0.25) is 5.02 Å². The second-order valence-corrected chi connectivity index (χ2v) is 7.13. The van der Waals surface area contributed by atoms with Gasteiger partial charge < -0.3 is 9.67 Å². The summed E-state index contributed by atoms with van der Waals surface area (Å²) in [5, 5.41) is 12.0. The van der Waals surface area contributed by atoms with E-state index in [0.717, 1.165) is 21.7 Å². The van der Waals surface area contributed by atoms with Crippen molar-refractivity contribution in [1.29, 1.82) is 0 Å². The molecule has 0 aliphatic carbocycles. The fourth-order valence-corrected chi connectivity index (χ4v) is 3.70. The monoisotopic (exact) mass is 386 g/mol. The lowest BCUT2D eigenvalue weighted by atomic mass is 10.1. The standard InChI is InChI=1S/C20H19ClN2O2S/c1-14(25)16-4-2-5-18(12-16)22-20-23(10-3-11-24)19(13-26-20)15-6-8-17(21)9-7-15/h2,4-9,12-13,24H,3,10-11H2,1H3. The normalized spacial score (nSPS) is 11.7. The van der Waals surface area contributed by atoms with Gasteiger partial charge >= 0.3 is 0 Å². The van der Waals surface area contributed by atoms with E-state index in [-0.39, 0.29) is 12.4 Å². The van der Waals surface area contributed by atoms with Crippen molar-refractivity contribution in [3.63, 3.8) is 0 Å². The molecule has 2 aromatic carbocycles. The third kappa shape index (κ3) is 4.30. The van der Waals surface area contributed by atoms with Crippen molar-refractivity contribution < 1.29 is 9.90 Å². The topological polar surface area (TPSA) is 54.6 Å². The van der Waals surface area contributed by atoms with Gasteiger partial charge in [0.05, 0.1) is 11.4 Å². The Morgan fingerprint density at radius 3 is 2.69 bits per heavy atom. The van der Waals surface area contributed by atoms with Gasteiger partial charge in [-0.1, -0.05) is 35.9 Å². The van der Waals surface area contributed by atoms with Gasteiger partial charge in [-0.2, -0.15) is 0 Å². The molecule has 3 aromatic rings. The Kier molecular flexibility index (Phi) is 6.04. The molecule has 6 heteroatoms. The highest BCUT2D eigenvalue weighted by atomic mass is 35.5. The van der Waals surface area contributed by atoms with E-state index in [1.165, 1.54) is 11.3 Å². The summed E-state index contributed by atoms with van der Waals surface area (Å²) in [6.07, 6.45) is 0.637. The van der Waals surface area contributed by atoms with Crippen molar-refractivity contribution in [3.05, 3.63) is 69.3 Å². The summed E-state index contributed by atoms with van der Waals surface area (Å²) in [4.78, 5) is 17.1. The summed E-state index contributed by atoms with van der Waals surface area (Å²) < 4.78 is 2.09. The molecule has 3 rings (SSSR count). The number of aliphatic hydroxyl groups excluding tert-OH is 1. The smallest absolute Gasteiger partial charge is 0.190 e. The average Bonchev–Trinajstić information content (AvgIpc) is 3.03. The van der Waals surface area contributed by atoms with Crippen LogP contribution in [0.1, 0.15) is 23.7 Å². The number of aliphatic hydroxyl groups is 1. The zero-order valence-electron chi connectivity index (χ0n) is 14.4. The summed E-state index contributed by atoms with van der Waals surface area (Å²) in [7, 11) is 0. The number of benzene rings is 2. The van der Waals surface area contributed by atoms with Crippen LogP contribution in [-0.4, -0.2) is 22.1 Å². The molecule has 0 saturated heterocycles. The summed E-state index contributed by atoms with van der Waals surface area (Å²) in [5.41, 5.74) is 3.45. The van der Waals surface area contributed by atoms with Crippen molar-refractivity contribution in [3.8, 4) is 11.3 Å². The van der Waals surface area contributed by atoms with E-state index in [2.05, 4.69) is 4.57 Å². The molecular weight excluding hydrogens is 368 g/mol. The Morgan fingerprint density at radius 2 is 2.00 bits per heavy atom. The summed E-state index contributed by atoms with van der Waals surface area (Å²) >= 11 is 7.52. The van der Waals surface area contributed by atoms with Gasteiger partial charge in [0.1, 0.15) is 0 Å². The molecular formula is C20H19ClN2O2S. The average molecular weight is 387 g/mol. The van der Waals surface area contributed by atoms with Gasteiger partial charge in [0.2, 0.25) is 0 Å². The number of ketones is 1. The first-order valence-corrected chi connectivity index (χ1v) is 9.55. The predicted octanol–water partition coefficient (Wildman–Crippen LogP) is 4.69. The molecule has 0 unspecified atom stereocenters. The number of aromatic nitrogens is 1. The molecule has 0 fully saturated rings. The minimum atomic E-state index is 0.0169. The lowest BCUT2D eigenvalue weighted by Crippen LogP contribution is -2.16. The highest BCUT2D eigenvalue weighted by Crippen LogP contribution is 2.23. The third-order valence-electron chi connectivity index (χ3n) is 3.95. The van der Waals surface area contributed by atoms with E-state index >= 15 is 0 Å². The summed E-state index contributed by atoms with van der Waals surface area (Å²) in [6.45, 7) is 2.32. The first kappa shape index (κ1) is 18.6. The van der Waals surface area contributed by atoms with Crippen molar-refractivity contribution in [2.24, 2.45) is 4.99 Å². The first-order chi connectivity index (χ1) is 12.6. The van der Waals surface area contributed by atoms with Gasteiger partial charge in [0.15, 0.2) is 10.6 Å². The number of rotatable bonds is 6. The molecule has 26 heavy (non-hydrogen) atoms. The van der Waals surface area contributed by atoms with E-state index in [0.29, 0.717) is 23.6 Å². The molecule has 0 aliphatic heterocycles. The molecule has 0 bridgehead atoms. The number of hydrogen-bond donors (Lipinski definition) is 1. The number of nitrogens with zero attached hydrogens (tertiary/aromatic N) is 2. The minimum absolute atomic E-state index is 0.0169. The summed E-state index contributed by atoms with van der Waals surface area (Å²) in [6, 6.07) is 15.0. The van der Waals surface area contributed by atoms with E-state index in [9.17, 15) is 9.90 Å². The highest BCUT2D eigenvalue weighted by molar-refractivity contribution is 7.07. The second kappa shape index (κ2) is 8.45. The first-order valence-electron chi connectivity index (χ1n) is 8.29. The van der Waals surface area contributed by atoms with Crippen LogP contribution in [-0.2, 0) is 6.54 Å². The van der Waals surface area contributed by atoms with Gasteiger partial charge in [-0.05, 0) is 43.2 Å². The van der Waals surface area contributed by atoms with Crippen LogP contribution in [0.15, 0.2) is 58.9 Å². The van der Waals surface area contributed by atoms with E-state index in [1.54, 1.807) is 19.1 Å². The lowest BCUT2D eigenvalue weighted by molar-refractivity contribution is 0.101. The Balaban J connectivity index is 2.08. The molecule has 0 spiro atoms. The Morgan fingerprint density at radius 1 is 1.23 bits per heavy atom. The van der Waals surface area contributed by atoms with Crippen molar-refractivity contribution in [1.82, 2.24) is 4.57 Å². The molecule has 134 valence electrons. The molecule has 1 N–H and O–H groups in total. The number of carbonyl (C=O) groups is 1. The van der Waals surface area contributed by atoms with Crippen LogP contribution in [0.4, 0.5) is 5.69 Å². The minimum Gasteiger partial charge on any atom is -0.396 e. The number of halogens is 1. The SMILES string of the molecule is CC(=O)c1cccc(N=c2scc(-c3ccc(Cl)cc3)n2CCCO)c1. The maximum absolute atomic E-state index is 11.6. The Hall–Kier alpha value is -2.21. The van der Waals surface area contributed by atoms with Gasteiger partial charge in [0.25, 0.3) is 0 Å². The maximum Gasteiger partial charge on any atom is 0.190 e. The fraction of sp³-hybridized carbons (Fsp3) is 0.200. The van der Waals surface area contributed by atoms with Crippen molar-refractivity contribution >= 4 is 34.4 Å². The van der Waals surface area contributed by atoms with Gasteiger partial charge in [0, 0.05) is 29.1 Å². The number of thiazole rings is 1. The van der Waals surface area contributed by atoms with Gasteiger partial charge in [-0.3, -0.25) is 4.79 Å².